The average Bonchev–Trinajstić information content (AvgIpc) is 2.84. The Balaban J connectivity index is 2.02. The summed E-state index contributed by atoms with van der Waals surface area (Å²) in [5.41, 5.74) is 0.833. The highest BCUT2D eigenvalue weighted by Crippen LogP contribution is 2.26. The number of aliphatic imine (C=N–C) groups is 1. The Morgan fingerprint density at radius 3 is 2.83 bits per heavy atom. The molecule has 0 aliphatic carbocycles. The van der Waals surface area contributed by atoms with Crippen molar-refractivity contribution >= 4 is 15.8 Å². The molecule has 0 spiro atoms. The molecule has 0 amide bonds. The number of sulfone groups is 1. The first-order chi connectivity index (χ1) is 10.9. The van der Waals surface area contributed by atoms with Crippen molar-refractivity contribution in [2.24, 2.45) is 4.99 Å². The lowest BCUT2D eigenvalue weighted by Crippen LogP contribution is -2.44. The molecule has 1 aromatic carbocycles. The van der Waals surface area contributed by atoms with Crippen molar-refractivity contribution in [3.63, 3.8) is 0 Å². The normalized spacial score (nSPS) is 20.3. The minimum atomic E-state index is -2.93. The summed E-state index contributed by atoms with van der Waals surface area (Å²) in [6.07, 6.45) is 0.593. The van der Waals surface area contributed by atoms with Crippen LogP contribution < -0.4 is 15.4 Å². The molecule has 1 atom stereocenters. The van der Waals surface area contributed by atoms with Crippen LogP contribution in [0.15, 0.2) is 23.2 Å². The summed E-state index contributed by atoms with van der Waals surface area (Å²) < 4.78 is 28.0. The average molecular weight is 341 g/mol. The Hall–Kier alpha value is -1.96. The fourth-order valence-electron chi connectivity index (χ4n) is 2.43. The number of nitrogens with one attached hydrogen (secondary N) is 2. The minimum absolute atomic E-state index is 0.0695. The van der Waals surface area contributed by atoms with Gasteiger partial charge in [0.15, 0.2) is 27.3 Å². The highest BCUT2D eigenvalue weighted by Gasteiger charge is 2.28. The summed E-state index contributed by atoms with van der Waals surface area (Å²) >= 11 is 0. The molecule has 1 unspecified atom stereocenters. The molecule has 23 heavy (non-hydrogen) atoms. The van der Waals surface area contributed by atoms with Crippen LogP contribution in [0.5, 0.6) is 11.5 Å². The van der Waals surface area contributed by atoms with Gasteiger partial charge in [0.2, 0.25) is 0 Å². The first-order valence-corrected chi connectivity index (χ1v) is 9.37. The molecule has 3 N–H and O–H groups in total. The van der Waals surface area contributed by atoms with Gasteiger partial charge in [-0.05, 0) is 31.0 Å². The van der Waals surface area contributed by atoms with E-state index in [1.54, 1.807) is 12.1 Å². The van der Waals surface area contributed by atoms with E-state index in [1.807, 2.05) is 13.0 Å². The SMILES string of the molecule is CCNC(=NCc1ccc(OC)c(O)c1)NC1CCS(=O)(=O)C1. The van der Waals surface area contributed by atoms with Crippen LogP contribution in [0.2, 0.25) is 0 Å². The Morgan fingerprint density at radius 2 is 2.26 bits per heavy atom. The van der Waals surface area contributed by atoms with E-state index in [2.05, 4.69) is 15.6 Å². The molecular weight excluding hydrogens is 318 g/mol. The van der Waals surface area contributed by atoms with Crippen LogP contribution in [0.3, 0.4) is 0 Å². The number of nitrogens with zero attached hydrogens (tertiary/aromatic N) is 1. The summed E-state index contributed by atoms with van der Waals surface area (Å²) in [5.74, 6) is 1.42. The lowest BCUT2D eigenvalue weighted by molar-refractivity contribution is 0.373. The van der Waals surface area contributed by atoms with E-state index in [1.165, 1.54) is 7.11 Å². The summed E-state index contributed by atoms with van der Waals surface area (Å²) in [5, 5.41) is 16.0. The third-order valence-electron chi connectivity index (χ3n) is 3.58. The molecule has 1 aromatic rings. The van der Waals surface area contributed by atoms with E-state index in [0.29, 0.717) is 31.2 Å². The molecular formula is C15H23N3O4S. The van der Waals surface area contributed by atoms with Gasteiger partial charge in [-0.15, -0.1) is 0 Å². The predicted molar refractivity (Wildman–Crippen MR) is 89.7 cm³/mol. The Morgan fingerprint density at radius 1 is 1.48 bits per heavy atom. The molecule has 0 bridgehead atoms. The van der Waals surface area contributed by atoms with E-state index in [0.717, 1.165) is 5.56 Å². The van der Waals surface area contributed by atoms with Crippen molar-refractivity contribution in [2.45, 2.75) is 25.9 Å². The quantitative estimate of drug-likeness (QED) is 0.537. The zero-order valence-electron chi connectivity index (χ0n) is 13.4. The number of hydrogen-bond donors (Lipinski definition) is 3. The monoisotopic (exact) mass is 341 g/mol. The maximum atomic E-state index is 11.5. The highest BCUT2D eigenvalue weighted by molar-refractivity contribution is 7.91. The van der Waals surface area contributed by atoms with Gasteiger partial charge in [-0.25, -0.2) is 13.4 Å². The molecule has 0 radical (unpaired) electrons. The minimum Gasteiger partial charge on any atom is -0.504 e. The molecule has 1 aliphatic heterocycles. The first-order valence-electron chi connectivity index (χ1n) is 7.54. The Bertz CT molecular complexity index is 673. The van der Waals surface area contributed by atoms with Crippen LogP contribution in [0.1, 0.15) is 18.9 Å². The fraction of sp³-hybridized carbons (Fsp3) is 0.533. The van der Waals surface area contributed by atoms with E-state index in [9.17, 15) is 13.5 Å². The molecule has 0 aromatic heterocycles. The van der Waals surface area contributed by atoms with Gasteiger partial charge >= 0.3 is 0 Å². The van der Waals surface area contributed by atoms with Gasteiger partial charge in [0.05, 0.1) is 25.2 Å². The zero-order valence-corrected chi connectivity index (χ0v) is 14.2. The molecule has 8 heteroatoms. The van der Waals surface area contributed by atoms with E-state index < -0.39 is 9.84 Å². The maximum Gasteiger partial charge on any atom is 0.191 e. The Kier molecular flexibility index (Phi) is 5.70. The van der Waals surface area contributed by atoms with Gasteiger partial charge in [-0.3, -0.25) is 0 Å². The van der Waals surface area contributed by atoms with Crippen molar-refractivity contribution in [1.29, 1.82) is 0 Å². The third-order valence-corrected chi connectivity index (χ3v) is 5.35. The summed E-state index contributed by atoms with van der Waals surface area (Å²) in [7, 11) is -1.43. The lowest BCUT2D eigenvalue weighted by atomic mass is 10.2. The standard InChI is InChI=1S/C15H23N3O4S/c1-3-16-15(18-12-6-7-23(20,21)10-12)17-9-11-4-5-14(22-2)13(19)8-11/h4-5,8,12,19H,3,6-7,9-10H2,1-2H3,(H2,16,17,18). The number of ether oxygens (including phenoxy) is 1. The van der Waals surface area contributed by atoms with Crippen LogP contribution >= 0.6 is 0 Å². The number of phenols is 1. The van der Waals surface area contributed by atoms with Crippen LogP contribution in [0, 0.1) is 0 Å². The van der Waals surface area contributed by atoms with Gasteiger partial charge in [-0.2, -0.15) is 0 Å². The van der Waals surface area contributed by atoms with Gasteiger partial charge in [-0.1, -0.05) is 6.07 Å². The van der Waals surface area contributed by atoms with Gasteiger partial charge in [0.1, 0.15) is 0 Å². The van der Waals surface area contributed by atoms with Crippen LogP contribution in [0.25, 0.3) is 0 Å². The number of rotatable bonds is 5. The molecule has 1 aliphatic rings. The third kappa shape index (κ3) is 5.02. The number of guanidine groups is 1. The summed E-state index contributed by atoms with van der Waals surface area (Å²) in [6, 6.07) is 5.00. The first kappa shape index (κ1) is 17.4. The molecule has 2 rings (SSSR count). The van der Waals surface area contributed by atoms with E-state index in [4.69, 9.17) is 4.74 Å². The van der Waals surface area contributed by atoms with Crippen LogP contribution in [-0.2, 0) is 16.4 Å². The van der Waals surface area contributed by atoms with Gasteiger partial charge in [0, 0.05) is 12.6 Å². The molecule has 1 saturated heterocycles. The number of benzene rings is 1. The van der Waals surface area contributed by atoms with Crippen LogP contribution in [0.4, 0.5) is 0 Å². The smallest absolute Gasteiger partial charge is 0.191 e. The Labute approximate surface area is 136 Å². The molecule has 0 saturated carbocycles. The second-order valence-electron chi connectivity index (χ2n) is 5.45. The fourth-order valence-corrected chi connectivity index (χ4v) is 4.10. The van der Waals surface area contributed by atoms with Crippen LogP contribution in [-0.4, -0.2) is 50.7 Å². The molecule has 128 valence electrons. The second-order valence-corrected chi connectivity index (χ2v) is 7.67. The van der Waals surface area contributed by atoms with Crippen molar-refractivity contribution < 1.29 is 18.3 Å². The van der Waals surface area contributed by atoms with Crippen molar-refractivity contribution in [3.8, 4) is 11.5 Å². The van der Waals surface area contributed by atoms with Crippen molar-refractivity contribution in [2.75, 3.05) is 25.2 Å². The van der Waals surface area contributed by atoms with E-state index >= 15 is 0 Å². The second kappa shape index (κ2) is 7.54. The number of phenolic OH excluding ortho intramolecular Hbond substituents is 1. The number of methoxy groups -OCH3 is 1. The highest BCUT2D eigenvalue weighted by atomic mass is 32.2. The maximum absolute atomic E-state index is 11.5. The van der Waals surface area contributed by atoms with E-state index in [-0.39, 0.29) is 23.3 Å². The van der Waals surface area contributed by atoms with Crippen molar-refractivity contribution in [1.82, 2.24) is 10.6 Å². The van der Waals surface area contributed by atoms with Gasteiger partial charge in [0.25, 0.3) is 0 Å². The summed E-state index contributed by atoms with van der Waals surface area (Å²) in [6.45, 7) is 2.99. The van der Waals surface area contributed by atoms with Gasteiger partial charge < -0.3 is 20.5 Å². The molecule has 7 nitrogen and oxygen atoms in total. The predicted octanol–water partition coefficient (Wildman–Crippen LogP) is 0.643. The zero-order chi connectivity index (χ0) is 16.9. The molecule has 1 heterocycles. The lowest BCUT2D eigenvalue weighted by Gasteiger charge is -2.15. The largest absolute Gasteiger partial charge is 0.504 e. The summed E-state index contributed by atoms with van der Waals surface area (Å²) in [4.78, 5) is 4.44. The number of hydrogen-bond acceptors (Lipinski definition) is 5. The topological polar surface area (TPSA) is 100 Å². The van der Waals surface area contributed by atoms with Crippen molar-refractivity contribution in [3.05, 3.63) is 23.8 Å². The molecule has 1 fully saturated rings. The number of aromatic hydroxyl groups is 1.